The molecule has 0 aliphatic rings. The van der Waals surface area contributed by atoms with Gasteiger partial charge in [-0.15, -0.1) is 0 Å². The highest BCUT2D eigenvalue weighted by molar-refractivity contribution is 7.92. The first kappa shape index (κ1) is 16.0. The van der Waals surface area contributed by atoms with Gasteiger partial charge < -0.3 is 0 Å². The minimum atomic E-state index is -3.62. The Morgan fingerprint density at radius 2 is 1.46 bits per heavy atom. The fourth-order valence-electron chi connectivity index (χ4n) is 2.40. The first-order valence-corrected chi connectivity index (χ1v) is 8.98. The van der Waals surface area contributed by atoms with Crippen molar-refractivity contribution in [3.05, 3.63) is 91.0 Å². The molecule has 3 aromatic carbocycles. The van der Waals surface area contributed by atoms with Crippen LogP contribution in [0.2, 0.25) is 0 Å². The number of sulfonamides is 1. The predicted octanol–water partition coefficient (Wildman–Crippen LogP) is 4.80. The molecular weight excluding hydrogens is 318 g/mol. The molecule has 3 aromatic rings. The molecule has 0 amide bonds. The number of nitrogens with one attached hydrogen (secondary N) is 1. The summed E-state index contributed by atoms with van der Waals surface area (Å²) in [7, 11) is -3.62. The summed E-state index contributed by atoms with van der Waals surface area (Å²) in [4.78, 5) is 0.228. The molecule has 120 valence electrons. The van der Waals surface area contributed by atoms with E-state index in [1.165, 1.54) is 0 Å². The molecule has 0 radical (unpaired) electrons. The molecular formula is C20H17NO2S. The average molecular weight is 335 g/mol. The lowest BCUT2D eigenvalue weighted by Gasteiger charge is -2.09. The third-order valence-corrected chi connectivity index (χ3v) is 5.04. The van der Waals surface area contributed by atoms with Gasteiger partial charge in [-0.3, -0.25) is 4.72 Å². The van der Waals surface area contributed by atoms with Crippen molar-refractivity contribution < 1.29 is 8.42 Å². The van der Waals surface area contributed by atoms with E-state index in [4.69, 9.17) is 0 Å². The van der Waals surface area contributed by atoms with Crippen molar-refractivity contribution in [1.29, 1.82) is 0 Å². The van der Waals surface area contributed by atoms with Crippen LogP contribution in [0, 0.1) is 0 Å². The van der Waals surface area contributed by atoms with E-state index in [0.717, 1.165) is 16.7 Å². The van der Waals surface area contributed by atoms with Crippen molar-refractivity contribution in [3.8, 4) is 11.1 Å². The van der Waals surface area contributed by atoms with Crippen molar-refractivity contribution >= 4 is 21.8 Å². The summed E-state index contributed by atoms with van der Waals surface area (Å²) < 4.78 is 27.6. The summed E-state index contributed by atoms with van der Waals surface area (Å²) in [5, 5.41) is 0. The smallest absolute Gasteiger partial charge is 0.261 e. The van der Waals surface area contributed by atoms with Crippen LogP contribution < -0.4 is 4.72 Å². The number of hydrogen-bond donors (Lipinski definition) is 1. The molecule has 0 atom stereocenters. The lowest BCUT2D eigenvalue weighted by molar-refractivity contribution is 0.601. The van der Waals surface area contributed by atoms with Crippen LogP contribution in [0.1, 0.15) is 5.56 Å². The number of anilines is 1. The lowest BCUT2D eigenvalue weighted by Crippen LogP contribution is -2.12. The molecule has 0 aliphatic carbocycles. The number of benzene rings is 3. The molecule has 0 heterocycles. The van der Waals surface area contributed by atoms with E-state index in [1.807, 2.05) is 48.5 Å². The second-order valence-electron chi connectivity index (χ2n) is 5.33. The molecule has 24 heavy (non-hydrogen) atoms. The summed E-state index contributed by atoms with van der Waals surface area (Å²) in [6.45, 7) is 3.69. The van der Waals surface area contributed by atoms with Gasteiger partial charge in [-0.1, -0.05) is 67.3 Å². The minimum absolute atomic E-state index is 0.228. The molecule has 0 saturated carbocycles. The largest absolute Gasteiger partial charge is 0.280 e. The van der Waals surface area contributed by atoms with Gasteiger partial charge in [0.1, 0.15) is 0 Å². The van der Waals surface area contributed by atoms with Crippen LogP contribution >= 0.6 is 0 Å². The molecule has 0 saturated heterocycles. The molecule has 0 aromatic heterocycles. The zero-order valence-electron chi connectivity index (χ0n) is 13.0. The third-order valence-electron chi connectivity index (χ3n) is 3.65. The highest BCUT2D eigenvalue weighted by atomic mass is 32.2. The van der Waals surface area contributed by atoms with Gasteiger partial charge in [-0.25, -0.2) is 8.42 Å². The van der Waals surface area contributed by atoms with Crippen LogP contribution in [0.4, 0.5) is 5.69 Å². The Bertz CT molecular complexity index is 946. The first-order valence-electron chi connectivity index (χ1n) is 7.49. The summed E-state index contributed by atoms with van der Waals surface area (Å²) in [6.07, 6.45) is 1.67. The molecule has 3 nitrogen and oxygen atoms in total. The van der Waals surface area contributed by atoms with E-state index in [-0.39, 0.29) is 4.90 Å². The maximum Gasteiger partial charge on any atom is 0.261 e. The van der Waals surface area contributed by atoms with Gasteiger partial charge in [0.15, 0.2) is 0 Å². The van der Waals surface area contributed by atoms with Crippen molar-refractivity contribution in [1.82, 2.24) is 0 Å². The Labute approximate surface area is 142 Å². The zero-order chi connectivity index (χ0) is 17.0. The van der Waals surface area contributed by atoms with Gasteiger partial charge in [0.05, 0.1) is 4.90 Å². The highest BCUT2D eigenvalue weighted by Crippen LogP contribution is 2.22. The van der Waals surface area contributed by atoms with E-state index in [0.29, 0.717) is 5.69 Å². The van der Waals surface area contributed by atoms with Crippen LogP contribution in [-0.4, -0.2) is 8.42 Å². The van der Waals surface area contributed by atoms with Crippen LogP contribution in [0.3, 0.4) is 0 Å². The molecule has 3 rings (SSSR count). The normalized spacial score (nSPS) is 11.0. The maximum atomic E-state index is 12.5. The van der Waals surface area contributed by atoms with Crippen LogP contribution in [-0.2, 0) is 10.0 Å². The standard InChI is InChI=1S/C20H17NO2S/c1-2-16-7-6-10-19(15-16)21-24(22,23)20-13-11-18(12-14-20)17-8-4-3-5-9-17/h2-15,21H,1H2. The fraction of sp³-hybridized carbons (Fsp3) is 0. The minimum Gasteiger partial charge on any atom is -0.280 e. The highest BCUT2D eigenvalue weighted by Gasteiger charge is 2.14. The number of rotatable bonds is 5. The summed E-state index contributed by atoms with van der Waals surface area (Å²) in [6, 6.07) is 23.8. The van der Waals surface area contributed by atoms with Crippen molar-refractivity contribution in [3.63, 3.8) is 0 Å². The summed E-state index contributed by atoms with van der Waals surface area (Å²) >= 11 is 0. The fourth-order valence-corrected chi connectivity index (χ4v) is 3.45. The van der Waals surface area contributed by atoms with Gasteiger partial charge in [0.25, 0.3) is 10.0 Å². The van der Waals surface area contributed by atoms with E-state index >= 15 is 0 Å². The Kier molecular flexibility index (Phi) is 4.49. The molecule has 0 aliphatic heterocycles. The average Bonchev–Trinajstić information content (AvgIpc) is 2.62. The van der Waals surface area contributed by atoms with E-state index < -0.39 is 10.0 Å². The molecule has 0 bridgehead atoms. The van der Waals surface area contributed by atoms with E-state index in [1.54, 1.807) is 36.4 Å². The van der Waals surface area contributed by atoms with Gasteiger partial charge in [-0.2, -0.15) is 0 Å². The Morgan fingerprint density at radius 1 is 0.792 bits per heavy atom. The lowest BCUT2D eigenvalue weighted by atomic mass is 10.1. The Morgan fingerprint density at radius 3 is 2.12 bits per heavy atom. The van der Waals surface area contributed by atoms with Gasteiger partial charge in [0.2, 0.25) is 0 Å². The second-order valence-corrected chi connectivity index (χ2v) is 7.01. The second kappa shape index (κ2) is 6.72. The predicted molar refractivity (Wildman–Crippen MR) is 99.2 cm³/mol. The quantitative estimate of drug-likeness (QED) is 0.728. The third kappa shape index (κ3) is 3.55. The van der Waals surface area contributed by atoms with Gasteiger partial charge in [0, 0.05) is 5.69 Å². The van der Waals surface area contributed by atoms with E-state index in [2.05, 4.69) is 11.3 Å². The summed E-state index contributed by atoms with van der Waals surface area (Å²) in [5.41, 5.74) is 3.39. The zero-order valence-corrected chi connectivity index (χ0v) is 13.8. The molecule has 0 fully saturated rings. The number of hydrogen-bond acceptors (Lipinski definition) is 2. The molecule has 0 spiro atoms. The van der Waals surface area contributed by atoms with Gasteiger partial charge in [-0.05, 0) is 41.0 Å². The molecule has 1 N–H and O–H groups in total. The van der Waals surface area contributed by atoms with Crippen LogP contribution in [0.5, 0.6) is 0 Å². The maximum absolute atomic E-state index is 12.5. The van der Waals surface area contributed by atoms with Crippen molar-refractivity contribution in [2.75, 3.05) is 4.72 Å². The molecule has 4 heteroatoms. The molecule has 0 unspecified atom stereocenters. The topological polar surface area (TPSA) is 46.2 Å². The van der Waals surface area contributed by atoms with Crippen molar-refractivity contribution in [2.45, 2.75) is 4.90 Å². The monoisotopic (exact) mass is 335 g/mol. The van der Waals surface area contributed by atoms with Crippen LogP contribution in [0.25, 0.3) is 17.2 Å². The van der Waals surface area contributed by atoms with E-state index in [9.17, 15) is 8.42 Å². The Hall–Kier alpha value is -2.85. The van der Waals surface area contributed by atoms with Crippen molar-refractivity contribution in [2.24, 2.45) is 0 Å². The Balaban J connectivity index is 1.86. The van der Waals surface area contributed by atoms with Gasteiger partial charge >= 0.3 is 0 Å². The first-order chi connectivity index (χ1) is 11.6. The SMILES string of the molecule is C=Cc1cccc(NS(=O)(=O)c2ccc(-c3ccccc3)cc2)c1. The van der Waals surface area contributed by atoms with Crippen LogP contribution in [0.15, 0.2) is 90.3 Å². The summed E-state index contributed by atoms with van der Waals surface area (Å²) in [5.74, 6) is 0.